The number of piperazine rings is 1. The van der Waals surface area contributed by atoms with Crippen LogP contribution in [0.1, 0.15) is 58.4 Å². The van der Waals surface area contributed by atoms with E-state index in [-0.39, 0.29) is 61.0 Å². The number of benzene rings is 1. The van der Waals surface area contributed by atoms with Crippen molar-refractivity contribution in [2.45, 2.75) is 82.4 Å². The number of fused-ring (bicyclic) bond motifs is 1. The van der Waals surface area contributed by atoms with Crippen LogP contribution in [-0.4, -0.2) is 141 Å². The Morgan fingerprint density at radius 3 is 2.25 bits per heavy atom. The van der Waals surface area contributed by atoms with E-state index in [4.69, 9.17) is 19.2 Å². The second-order valence-corrected chi connectivity index (χ2v) is 15.6. The van der Waals surface area contributed by atoms with Gasteiger partial charge in [0.2, 0.25) is 15.6 Å². The number of aryl methyl sites for hydroxylation is 2. The number of aromatic nitrogens is 3. The number of carbonyl (C=O) groups excluding carboxylic acids is 1. The minimum atomic E-state index is -4.13. The molecule has 0 amide bonds. The maximum absolute atomic E-state index is 14.1. The van der Waals surface area contributed by atoms with Gasteiger partial charge in [0.15, 0.2) is 6.10 Å². The molecule has 0 radical (unpaired) electrons. The van der Waals surface area contributed by atoms with E-state index in [2.05, 4.69) is 9.82 Å². The van der Waals surface area contributed by atoms with Crippen molar-refractivity contribution in [3.8, 4) is 17.1 Å². The number of rotatable bonds is 24. The van der Waals surface area contributed by atoms with Gasteiger partial charge in [-0.25, -0.2) is 23.0 Å². The average Bonchev–Trinajstić information content (AvgIpc) is 3.53. The van der Waals surface area contributed by atoms with E-state index in [0.717, 1.165) is 12.0 Å². The lowest BCUT2D eigenvalue weighted by molar-refractivity contribution is -0.758. The van der Waals surface area contributed by atoms with Crippen LogP contribution in [0.15, 0.2) is 34.1 Å². The second kappa shape index (κ2) is 20.4. The lowest BCUT2D eigenvalue weighted by atomic mass is 9.95. The van der Waals surface area contributed by atoms with Crippen LogP contribution in [-0.2, 0) is 56.5 Å². The zero-order valence-corrected chi connectivity index (χ0v) is 33.6. The van der Waals surface area contributed by atoms with Gasteiger partial charge in [-0.2, -0.15) is 4.31 Å². The maximum Gasteiger partial charge on any atom is 0.349 e. The monoisotopic (exact) mass is 852 g/mol. The zero-order valence-electron chi connectivity index (χ0n) is 32.8. The molecule has 1 atom stereocenters. The van der Waals surface area contributed by atoms with Crippen molar-refractivity contribution in [1.29, 1.82) is 0 Å². The molecule has 1 saturated heterocycles. The molecular formula is C36H48N6O16S. The van der Waals surface area contributed by atoms with Crippen LogP contribution in [0.5, 0.6) is 5.75 Å². The lowest BCUT2D eigenvalue weighted by Gasteiger charge is -2.35. The molecule has 4 N–H and O–H groups in total. The highest BCUT2D eigenvalue weighted by Crippen LogP contribution is 2.33. The third kappa shape index (κ3) is 11.5. The molecule has 23 heteroatoms. The molecule has 1 fully saturated rings. The summed E-state index contributed by atoms with van der Waals surface area (Å²) in [5.41, 5.74) is -1.27. The molecule has 324 valence electrons. The van der Waals surface area contributed by atoms with Gasteiger partial charge in [0, 0.05) is 45.5 Å². The number of H-pyrrole nitrogens is 1. The van der Waals surface area contributed by atoms with Crippen molar-refractivity contribution in [1.82, 2.24) is 23.7 Å². The molecule has 3 heterocycles. The highest BCUT2D eigenvalue weighted by atomic mass is 32.2. The summed E-state index contributed by atoms with van der Waals surface area (Å²) in [7, 11) is -4.13. The number of sulfonamides is 1. The van der Waals surface area contributed by atoms with E-state index in [0.29, 0.717) is 42.8 Å². The maximum atomic E-state index is 14.1. The Morgan fingerprint density at radius 2 is 1.68 bits per heavy atom. The molecular weight excluding hydrogens is 804 g/mol. The van der Waals surface area contributed by atoms with E-state index in [9.17, 15) is 57.8 Å². The molecule has 4 rings (SSSR count). The van der Waals surface area contributed by atoms with Gasteiger partial charge in [-0.15, -0.1) is 10.1 Å². The summed E-state index contributed by atoms with van der Waals surface area (Å²) in [6.45, 7) is 5.82. The summed E-state index contributed by atoms with van der Waals surface area (Å²) >= 11 is 0. The van der Waals surface area contributed by atoms with Gasteiger partial charge in [-0.3, -0.25) is 14.4 Å². The number of carbonyl (C=O) groups is 4. The highest BCUT2D eigenvalue weighted by Gasteiger charge is 2.48. The Bertz CT molecular complexity index is 2160. The van der Waals surface area contributed by atoms with E-state index < -0.39 is 76.7 Å². The fourth-order valence-corrected chi connectivity index (χ4v) is 8.03. The summed E-state index contributed by atoms with van der Waals surface area (Å²) in [6.07, 6.45) is -0.621. The summed E-state index contributed by atoms with van der Waals surface area (Å²) in [5.74, 6) is -6.51. The standard InChI is InChI=1S/C36H48N6O16S/c1-4-7-23-22-40(6-3)31-30(23)37-32(38-33(31)47)25-19-24(8-9-26(25)55-16-5-2)59(53,54)41-14-12-39(13-15-41)11-10-27(56-17-18-57-42(51)52)34(48)58-36(35(49)50,20-28(43)44)21-29(45)46/h8-9,19,22,27H,4-7,10-18,20-21H2,1-3H3,(H,43,44)(H,45,46)(H,49,50)(H,37,38,47). The van der Waals surface area contributed by atoms with Crippen LogP contribution in [0.3, 0.4) is 0 Å². The minimum Gasteiger partial charge on any atom is -0.493 e. The third-order valence-electron chi connectivity index (χ3n) is 9.42. The molecule has 3 aromatic rings. The van der Waals surface area contributed by atoms with Gasteiger partial charge in [0.1, 0.15) is 23.7 Å². The van der Waals surface area contributed by atoms with Crippen LogP contribution in [0.25, 0.3) is 22.4 Å². The molecule has 0 spiro atoms. The molecule has 22 nitrogen and oxygen atoms in total. The van der Waals surface area contributed by atoms with Crippen molar-refractivity contribution in [2.24, 2.45) is 0 Å². The van der Waals surface area contributed by atoms with Gasteiger partial charge in [0.25, 0.3) is 10.6 Å². The first kappa shape index (κ1) is 46.0. The smallest absolute Gasteiger partial charge is 0.349 e. The number of aliphatic carboxylic acids is 3. The van der Waals surface area contributed by atoms with Crippen molar-refractivity contribution in [3.05, 3.63) is 50.4 Å². The first-order chi connectivity index (χ1) is 28.0. The summed E-state index contributed by atoms with van der Waals surface area (Å²) in [4.78, 5) is 85.6. The van der Waals surface area contributed by atoms with Crippen molar-refractivity contribution < 1.29 is 67.1 Å². The molecule has 1 aliphatic heterocycles. The Kier molecular flexibility index (Phi) is 15.9. The highest BCUT2D eigenvalue weighted by molar-refractivity contribution is 7.89. The number of nitrogens with one attached hydrogen (secondary N) is 1. The number of carboxylic acids is 3. The molecule has 1 aromatic carbocycles. The Morgan fingerprint density at radius 1 is 1.00 bits per heavy atom. The molecule has 0 saturated carbocycles. The second-order valence-electron chi connectivity index (χ2n) is 13.6. The van der Waals surface area contributed by atoms with Gasteiger partial charge >= 0.3 is 23.9 Å². The topological polar surface area (TPSA) is 300 Å². The molecule has 59 heavy (non-hydrogen) atoms. The number of aromatic amines is 1. The largest absolute Gasteiger partial charge is 0.493 e. The Balaban J connectivity index is 1.53. The van der Waals surface area contributed by atoms with Gasteiger partial charge < -0.3 is 48.8 Å². The number of hydrogen-bond donors (Lipinski definition) is 4. The van der Waals surface area contributed by atoms with Crippen molar-refractivity contribution >= 4 is 44.9 Å². The van der Waals surface area contributed by atoms with Crippen LogP contribution in [0.2, 0.25) is 0 Å². The predicted octanol–water partition coefficient (Wildman–Crippen LogP) is 1.76. The SMILES string of the molecule is CCCOc1ccc(S(=O)(=O)N2CCN(CCC(OCCO[N+](=O)[O-])C(=O)OC(CC(=O)O)(CC(=O)O)C(=O)O)CC2)cc1-c1nc2c(CCC)cn(CC)c2c(=O)[nH]1. The Hall–Kier alpha value is -5.65. The first-order valence-corrected chi connectivity index (χ1v) is 20.3. The quantitative estimate of drug-likeness (QED) is 0.0432. The summed E-state index contributed by atoms with van der Waals surface area (Å²) < 4.78 is 47.5. The van der Waals surface area contributed by atoms with Crippen molar-refractivity contribution in [2.75, 3.05) is 52.5 Å². The van der Waals surface area contributed by atoms with E-state index >= 15 is 0 Å². The van der Waals surface area contributed by atoms with Crippen molar-refractivity contribution in [3.63, 3.8) is 0 Å². The van der Waals surface area contributed by atoms with Crippen LogP contribution < -0.4 is 10.3 Å². The fourth-order valence-electron chi connectivity index (χ4n) is 6.58. The number of carboxylic acid groups (broad SMARTS) is 3. The zero-order chi connectivity index (χ0) is 43.5. The van der Waals surface area contributed by atoms with Crippen LogP contribution >= 0.6 is 0 Å². The Labute approximate surface area is 337 Å². The van der Waals surface area contributed by atoms with Crippen LogP contribution in [0, 0.1) is 10.1 Å². The van der Waals surface area contributed by atoms with E-state index in [1.807, 2.05) is 31.5 Å². The third-order valence-corrected chi connectivity index (χ3v) is 11.3. The van der Waals surface area contributed by atoms with Crippen LogP contribution in [0.4, 0.5) is 0 Å². The summed E-state index contributed by atoms with van der Waals surface area (Å²) in [6, 6.07) is 4.34. The minimum absolute atomic E-state index is 0.0102. The predicted molar refractivity (Wildman–Crippen MR) is 205 cm³/mol. The molecule has 2 aromatic heterocycles. The van der Waals surface area contributed by atoms with Gasteiger partial charge in [0.05, 0.1) is 42.0 Å². The van der Waals surface area contributed by atoms with E-state index in [1.54, 1.807) is 4.90 Å². The average molecular weight is 853 g/mol. The van der Waals surface area contributed by atoms with Gasteiger partial charge in [-0.1, -0.05) is 20.3 Å². The molecule has 1 aliphatic rings. The number of ether oxygens (including phenoxy) is 3. The molecule has 0 aliphatic carbocycles. The lowest BCUT2D eigenvalue weighted by Crippen LogP contribution is -2.50. The fraction of sp³-hybridized carbons (Fsp3) is 0.556. The number of hydrogen-bond acceptors (Lipinski definition) is 15. The normalized spacial score (nSPS) is 14.5. The molecule has 0 bridgehead atoms. The first-order valence-electron chi connectivity index (χ1n) is 18.9. The van der Waals surface area contributed by atoms with Gasteiger partial charge in [-0.05, 0) is 49.9 Å². The summed E-state index contributed by atoms with van der Waals surface area (Å²) in [5, 5.41) is 37.7. The molecule has 1 unspecified atom stereocenters. The van der Waals surface area contributed by atoms with E-state index in [1.165, 1.54) is 22.5 Å². The number of esters is 1. The number of nitrogens with zero attached hydrogens (tertiary/aromatic N) is 5.